The number of fused-ring (bicyclic) bond motifs is 2. The van der Waals surface area contributed by atoms with Gasteiger partial charge in [0, 0.05) is 54.8 Å². The van der Waals surface area contributed by atoms with Crippen LogP contribution in [0, 0.1) is 5.41 Å². The molecule has 41 heavy (non-hydrogen) atoms. The Balaban J connectivity index is 1.26. The third kappa shape index (κ3) is 6.04. The number of rotatable bonds is 8. The summed E-state index contributed by atoms with van der Waals surface area (Å²) in [7, 11) is 4.08. The molecule has 3 atom stereocenters. The molecule has 222 valence electrons. The van der Waals surface area contributed by atoms with Crippen molar-refractivity contribution in [2.75, 3.05) is 58.3 Å². The monoisotopic (exact) mass is 578 g/mol. The van der Waals surface area contributed by atoms with Gasteiger partial charge in [0.05, 0.1) is 5.69 Å². The molecule has 8 nitrogen and oxygen atoms in total. The molecule has 1 amide bonds. The first-order chi connectivity index (χ1) is 20.0. The van der Waals surface area contributed by atoms with Gasteiger partial charge in [-0.05, 0) is 101 Å². The molecule has 0 saturated carbocycles. The van der Waals surface area contributed by atoms with E-state index in [0.717, 1.165) is 57.6 Å². The standard InChI is InChI=1S/C32H46N6O2S/c1-4-24-21-37(16-17-38(24)29(39)8-5-14-33-2)30-26-9-12-32(13-10-28-23(19-32)11-18-41-28)20-27(26)34-31(35-30)40-22-25-7-6-15-36(25)3/h5,8,11,18,24-25,33H,4,6-7,9-10,12-17,19-22H2,1-3H3/b8-5+. The van der Waals surface area contributed by atoms with E-state index in [0.29, 0.717) is 31.7 Å². The molecule has 1 N–H and O–H groups in total. The van der Waals surface area contributed by atoms with Crippen LogP contribution < -0.4 is 15.0 Å². The van der Waals surface area contributed by atoms with Crippen molar-refractivity contribution in [3.63, 3.8) is 0 Å². The van der Waals surface area contributed by atoms with Crippen molar-refractivity contribution in [2.45, 2.75) is 76.8 Å². The zero-order chi connectivity index (χ0) is 28.4. The number of carbonyl (C=O) groups is 1. The number of amides is 1. The quantitative estimate of drug-likeness (QED) is 0.477. The number of ether oxygens (including phenoxy) is 1. The number of thiophene rings is 1. The second kappa shape index (κ2) is 12.4. The average Bonchev–Trinajstić information content (AvgIpc) is 3.63. The number of hydrogen-bond acceptors (Lipinski definition) is 8. The van der Waals surface area contributed by atoms with Crippen LogP contribution in [0.15, 0.2) is 23.6 Å². The SMILES string of the molecule is CCC1CN(c2nc(OCC3CCCN3C)nc3c2CCC2(CCc4sccc4C2)C3)CCN1C(=O)/C=C/CNC. The lowest BCUT2D eigenvalue weighted by Crippen LogP contribution is -2.55. The highest BCUT2D eigenvalue weighted by molar-refractivity contribution is 7.10. The fraction of sp³-hybridized carbons (Fsp3) is 0.656. The summed E-state index contributed by atoms with van der Waals surface area (Å²) in [6.45, 7) is 6.91. The highest BCUT2D eigenvalue weighted by Gasteiger charge is 2.41. The van der Waals surface area contributed by atoms with Crippen LogP contribution in [-0.2, 0) is 30.5 Å². The number of nitrogens with zero attached hydrogens (tertiary/aromatic N) is 5. The van der Waals surface area contributed by atoms with Gasteiger partial charge in [0.1, 0.15) is 12.4 Å². The lowest BCUT2D eigenvalue weighted by atomic mass is 9.65. The van der Waals surface area contributed by atoms with E-state index in [1.807, 2.05) is 29.4 Å². The summed E-state index contributed by atoms with van der Waals surface area (Å²) in [5.41, 5.74) is 4.33. The zero-order valence-corrected chi connectivity index (χ0v) is 25.8. The van der Waals surface area contributed by atoms with Crippen LogP contribution >= 0.6 is 11.3 Å². The summed E-state index contributed by atoms with van der Waals surface area (Å²) in [6.07, 6.45) is 13.7. The number of likely N-dealkylation sites (N-methyl/N-ethyl adjacent to an activating group) is 2. The molecule has 3 unspecified atom stereocenters. The van der Waals surface area contributed by atoms with E-state index in [2.05, 4.69) is 40.5 Å². The molecule has 0 bridgehead atoms. The molecule has 4 aliphatic rings. The van der Waals surface area contributed by atoms with Gasteiger partial charge in [-0.3, -0.25) is 4.79 Å². The minimum atomic E-state index is 0.105. The third-order valence-corrected chi connectivity index (χ3v) is 11.0. The van der Waals surface area contributed by atoms with Gasteiger partial charge in [-0.2, -0.15) is 9.97 Å². The number of piperazine rings is 1. The number of nitrogens with one attached hydrogen (secondary N) is 1. The summed E-state index contributed by atoms with van der Waals surface area (Å²) in [6, 6.07) is 3.45. The Hall–Kier alpha value is -2.49. The van der Waals surface area contributed by atoms with Crippen LogP contribution in [0.2, 0.25) is 0 Å². The van der Waals surface area contributed by atoms with Gasteiger partial charge < -0.3 is 24.8 Å². The first-order valence-electron chi connectivity index (χ1n) is 15.6. The summed E-state index contributed by atoms with van der Waals surface area (Å²) in [4.78, 5) is 31.6. The Morgan fingerprint density at radius 2 is 2.07 bits per heavy atom. The van der Waals surface area contributed by atoms with Crippen molar-refractivity contribution in [1.82, 2.24) is 25.1 Å². The van der Waals surface area contributed by atoms with Crippen molar-refractivity contribution < 1.29 is 9.53 Å². The highest BCUT2D eigenvalue weighted by Crippen LogP contribution is 2.47. The van der Waals surface area contributed by atoms with Gasteiger partial charge in [-0.25, -0.2) is 0 Å². The van der Waals surface area contributed by atoms with Crippen molar-refractivity contribution in [3.05, 3.63) is 45.3 Å². The molecule has 2 aliphatic carbocycles. The smallest absolute Gasteiger partial charge is 0.318 e. The molecule has 9 heteroatoms. The topological polar surface area (TPSA) is 73.8 Å². The second-order valence-electron chi connectivity index (χ2n) is 12.6. The number of aryl methyl sites for hydroxylation is 1. The minimum absolute atomic E-state index is 0.105. The summed E-state index contributed by atoms with van der Waals surface area (Å²) < 4.78 is 6.38. The highest BCUT2D eigenvalue weighted by atomic mass is 32.1. The van der Waals surface area contributed by atoms with Crippen molar-refractivity contribution in [2.24, 2.45) is 5.41 Å². The van der Waals surface area contributed by atoms with Gasteiger partial charge in [-0.1, -0.05) is 13.0 Å². The maximum Gasteiger partial charge on any atom is 0.318 e. The summed E-state index contributed by atoms with van der Waals surface area (Å²) >= 11 is 1.92. The first kappa shape index (κ1) is 28.6. The van der Waals surface area contributed by atoms with Gasteiger partial charge in [0.15, 0.2) is 0 Å². The predicted molar refractivity (Wildman–Crippen MR) is 165 cm³/mol. The molecule has 0 radical (unpaired) electrons. The molecule has 2 fully saturated rings. The Labute approximate surface area is 249 Å². The molecule has 2 aliphatic heterocycles. The summed E-state index contributed by atoms with van der Waals surface area (Å²) in [5, 5.41) is 5.34. The summed E-state index contributed by atoms with van der Waals surface area (Å²) in [5.74, 6) is 1.15. The number of aromatic nitrogens is 2. The first-order valence-corrected chi connectivity index (χ1v) is 16.5. The number of anilines is 1. The molecule has 4 heterocycles. The van der Waals surface area contributed by atoms with E-state index in [4.69, 9.17) is 14.7 Å². The Bertz CT molecular complexity index is 1260. The van der Waals surface area contributed by atoms with Gasteiger partial charge in [0.25, 0.3) is 0 Å². The Morgan fingerprint density at radius 1 is 1.20 bits per heavy atom. The maximum absolute atomic E-state index is 13.0. The van der Waals surface area contributed by atoms with Crippen LogP contribution in [0.5, 0.6) is 6.01 Å². The van der Waals surface area contributed by atoms with Crippen molar-refractivity contribution in [3.8, 4) is 6.01 Å². The van der Waals surface area contributed by atoms with Crippen LogP contribution in [0.4, 0.5) is 5.82 Å². The second-order valence-corrected chi connectivity index (χ2v) is 13.6. The molecule has 0 aromatic carbocycles. The van der Waals surface area contributed by atoms with E-state index in [1.54, 1.807) is 16.5 Å². The van der Waals surface area contributed by atoms with Gasteiger partial charge in [-0.15, -0.1) is 11.3 Å². The molecule has 1 spiro atoms. The van der Waals surface area contributed by atoms with Gasteiger partial charge in [0.2, 0.25) is 5.91 Å². The molecular weight excluding hydrogens is 532 g/mol. The fourth-order valence-corrected chi connectivity index (χ4v) is 8.37. The number of hydrogen-bond donors (Lipinski definition) is 1. The molecular formula is C32H46N6O2S. The third-order valence-electron chi connectivity index (χ3n) is 9.98. The molecule has 2 saturated heterocycles. The van der Waals surface area contributed by atoms with E-state index >= 15 is 0 Å². The molecule has 2 aromatic rings. The van der Waals surface area contributed by atoms with Crippen LogP contribution in [0.1, 0.15) is 60.7 Å². The number of likely N-dealkylation sites (tertiary alicyclic amines) is 1. The lowest BCUT2D eigenvalue weighted by molar-refractivity contribution is -0.128. The number of carbonyl (C=O) groups excluding carboxylic acids is 1. The predicted octanol–water partition coefficient (Wildman–Crippen LogP) is 3.88. The lowest BCUT2D eigenvalue weighted by Gasteiger charge is -2.44. The Kier molecular flexibility index (Phi) is 8.65. The fourth-order valence-electron chi connectivity index (χ4n) is 7.46. The van der Waals surface area contributed by atoms with E-state index in [9.17, 15) is 4.79 Å². The van der Waals surface area contributed by atoms with E-state index in [-0.39, 0.29) is 17.4 Å². The van der Waals surface area contributed by atoms with Crippen molar-refractivity contribution >= 4 is 23.1 Å². The van der Waals surface area contributed by atoms with E-state index < -0.39 is 0 Å². The average molecular weight is 579 g/mol. The maximum atomic E-state index is 13.0. The molecule has 2 aromatic heterocycles. The normalized spacial score (nSPS) is 26.5. The zero-order valence-electron chi connectivity index (χ0n) is 25.0. The van der Waals surface area contributed by atoms with Crippen LogP contribution in [-0.4, -0.2) is 91.2 Å². The van der Waals surface area contributed by atoms with Crippen molar-refractivity contribution in [1.29, 1.82) is 0 Å². The van der Waals surface area contributed by atoms with Crippen LogP contribution in [0.25, 0.3) is 0 Å². The minimum Gasteiger partial charge on any atom is -0.462 e. The van der Waals surface area contributed by atoms with Gasteiger partial charge >= 0.3 is 6.01 Å². The Morgan fingerprint density at radius 3 is 2.88 bits per heavy atom. The van der Waals surface area contributed by atoms with E-state index in [1.165, 1.54) is 36.9 Å². The van der Waals surface area contributed by atoms with Crippen LogP contribution in [0.3, 0.4) is 0 Å². The largest absolute Gasteiger partial charge is 0.462 e. The molecule has 6 rings (SSSR count).